The molecule has 1 saturated carbocycles. The smallest absolute Gasteiger partial charge is 0.408 e. The molecule has 2 heterocycles. The Labute approximate surface area is 120 Å². The number of rotatable bonds is 1. The fourth-order valence-corrected chi connectivity index (χ4v) is 3.70. The number of carbonyl (C=O) groups excluding carboxylic acids is 2. The highest BCUT2D eigenvalue weighted by molar-refractivity contribution is 5.86. The molecular weight excluding hydrogens is 256 g/mol. The maximum absolute atomic E-state index is 12.5. The van der Waals surface area contributed by atoms with Crippen LogP contribution in [-0.4, -0.2) is 41.1 Å². The monoisotopic (exact) mass is 280 g/mol. The first-order valence-corrected chi connectivity index (χ1v) is 7.65. The summed E-state index contributed by atoms with van der Waals surface area (Å²) in [6, 6.07) is 0.0286. The van der Waals surface area contributed by atoms with Crippen LogP contribution in [0.1, 0.15) is 46.5 Å². The molecule has 0 aromatic heterocycles. The largest absolute Gasteiger partial charge is 0.444 e. The molecule has 0 bridgehead atoms. The molecule has 4 atom stereocenters. The van der Waals surface area contributed by atoms with Crippen LogP contribution in [0.3, 0.4) is 0 Å². The van der Waals surface area contributed by atoms with E-state index in [1.54, 1.807) is 0 Å². The van der Waals surface area contributed by atoms with Crippen LogP contribution in [0.2, 0.25) is 0 Å². The van der Waals surface area contributed by atoms with E-state index in [1.165, 1.54) is 6.42 Å². The van der Waals surface area contributed by atoms with Gasteiger partial charge in [-0.15, -0.1) is 0 Å². The van der Waals surface area contributed by atoms with Crippen LogP contribution in [0.4, 0.5) is 4.79 Å². The number of hydrogen-bond acceptors (Lipinski definition) is 3. The zero-order chi connectivity index (χ0) is 14.5. The zero-order valence-corrected chi connectivity index (χ0v) is 12.5. The average molecular weight is 280 g/mol. The van der Waals surface area contributed by atoms with Crippen molar-refractivity contribution < 1.29 is 14.3 Å². The number of ether oxygens (including phenoxy) is 1. The minimum Gasteiger partial charge on any atom is -0.444 e. The molecule has 5 nitrogen and oxygen atoms in total. The van der Waals surface area contributed by atoms with Gasteiger partial charge in [0.05, 0.1) is 0 Å². The number of carbonyl (C=O) groups is 2. The molecule has 3 rings (SSSR count). The van der Waals surface area contributed by atoms with Crippen LogP contribution in [0.15, 0.2) is 0 Å². The van der Waals surface area contributed by atoms with Gasteiger partial charge in [-0.25, -0.2) is 4.79 Å². The number of alkyl carbamates (subject to hydrolysis) is 1. The molecule has 2 amide bonds. The third kappa shape index (κ3) is 2.63. The van der Waals surface area contributed by atoms with Gasteiger partial charge in [0.2, 0.25) is 5.91 Å². The highest BCUT2D eigenvalue weighted by Crippen LogP contribution is 2.51. The quantitative estimate of drug-likeness (QED) is 0.798. The van der Waals surface area contributed by atoms with Crippen molar-refractivity contribution in [1.82, 2.24) is 10.2 Å². The lowest BCUT2D eigenvalue weighted by Crippen LogP contribution is -2.50. The number of hydrogen-bond donors (Lipinski definition) is 1. The van der Waals surface area contributed by atoms with E-state index < -0.39 is 17.7 Å². The molecule has 2 aliphatic heterocycles. The Morgan fingerprint density at radius 2 is 2.10 bits per heavy atom. The van der Waals surface area contributed by atoms with Gasteiger partial charge in [-0.3, -0.25) is 4.79 Å². The molecule has 3 fully saturated rings. The van der Waals surface area contributed by atoms with E-state index in [2.05, 4.69) is 5.32 Å². The predicted octanol–water partition coefficient (Wildman–Crippen LogP) is 1.91. The first kappa shape index (κ1) is 13.7. The fourth-order valence-electron chi connectivity index (χ4n) is 3.70. The number of nitrogens with zero attached hydrogens (tertiary/aromatic N) is 1. The molecule has 0 aromatic rings. The van der Waals surface area contributed by atoms with Crippen molar-refractivity contribution in [1.29, 1.82) is 0 Å². The summed E-state index contributed by atoms with van der Waals surface area (Å²) < 4.78 is 5.27. The Hall–Kier alpha value is -1.26. The minimum absolute atomic E-state index is 0.0885. The van der Waals surface area contributed by atoms with E-state index in [0.717, 1.165) is 25.8 Å². The zero-order valence-electron chi connectivity index (χ0n) is 12.5. The highest BCUT2D eigenvalue weighted by atomic mass is 16.6. The van der Waals surface area contributed by atoms with E-state index in [1.807, 2.05) is 25.7 Å². The lowest BCUT2D eigenvalue weighted by molar-refractivity contribution is -0.134. The van der Waals surface area contributed by atoms with Gasteiger partial charge in [-0.1, -0.05) is 0 Å². The molecule has 5 heteroatoms. The molecule has 0 aromatic carbocycles. The molecule has 112 valence electrons. The Balaban J connectivity index is 1.67. The van der Waals surface area contributed by atoms with E-state index in [4.69, 9.17) is 4.74 Å². The van der Waals surface area contributed by atoms with Crippen molar-refractivity contribution >= 4 is 12.0 Å². The van der Waals surface area contributed by atoms with Crippen molar-refractivity contribution in [2.24, 2.45) is 11.8 Å². The van der Waals surface area contributed by atoms with Crippen LogP contribution in [0.25, 0.3) is 0 Å². The molecule has 0 spiro atoms. The summed E-state index contributed by atoms with van der Waals surface area (Å²) >= 11 is 0. The Morgan fingerprint density at radius 3 is 2.80 bits per heavy atom. The van der Waals surface area contributed by atoms with Crippen LogP contribution in [0, 0.1) is 11.8 Å². The summed E-state index contributed by atoms with van der Waals surface area (Å²) in [7, 11) is 0. The summed E-state index contributed by atoms with van der Waals surface area (Å²) in [6.45, 7) is 6.33. The van der Waals surface area contributed by atoms with Gasteiger partial charge in [0.1, 0.15) is 11.6 Å². The maximum Gasteiger partial charge on any atom is 0.408 e. The van der Waals surface area contributed by atoms with Crippen LogP contribution >= 0.6 is 0 Å². The van der Waals surface area contributed by atoms with Crippen molar-refractivity contribution in [3.63, 3.8) is 0 Å². The number of nitrogens with one attached hydrogen (secondary N) is 1. The molecular formula is C15H24N2O3. The van der Waals surface area contributed by atoms with Gasteiger partial charge >= 0.3 is 6.09 Å². The van der Waals surface area contributed by atoms with Crippen LogP contribution in [-0.2, 0) is 9.53 Å². The third-order valence-corrected chi connectivity index (χ3v) is 4.58. The Morgan fingerprint density at radius 1 is 1.35 bits per heavy atom. The van der Waals surface area contributed by atoms with Crippen molar-refractivity contribution in [2.45, 2.75) is 64.1 Å². The van der Waals surface area contributed by atoms with Crippen LogP contribution in [0.5, 0.6) is 0 Å². The second-order valence-corrected chi connectivity index (χ2v) is 7.34. The van der Waals surface area contributed by atoms with E-state index in [0.29, 0.717) is 17.9 Å². The van der Waals surface area contributed by atoms with Crippen molar-refractivity contribution in [3.05, 3.63) is 0 Å². The molecule has 0 unspecified atom stereocenters. The topological polar surface area (TPSA) is 58.6 Å². The van der Waals surface area contributed by atoms with Crippen LogP contribution < -0.4 is 5.32 Å². The maximum atomic E-state index is 12.5. The SMILES string of the molecule is CC(C)(C)OC(=O)N[C@H]1C[C@@H]2C[C@@H]2[C@H]2CCCN2C1=O. The summed E-state index contributed by atoms with van der Waals surface area (Å²) in [5.74, 6) is 1.37. The Bertz CT molecular complexity index is 429. The second kappa shape index (κ2) is 4.64. The molecule has 3 aliphatic rings. The summed E-state index contributed by atoms with van der Waals surface area (Å²) in [6.07, 6.45) is 3.73. The van der Waals surface area contributed by atoms with E-state index >= 15 is 0 Å². The van der Waals surface area contributed by atoms with Crippen molar-refractivity contribution in [3.8, 4) is 0 Å². The number of fused-ring (bicyclic) bond motifs is 3. The molecule has 1 N–H and O–H groups in total. The lowest BCUT2D eigenvalue weighted by Gasteiger charge is -2.28. The molecule has 2 saturated heterocycles. The standard InChI is InChI=1S/C15H24N2O3/c1-15(2,3)20-14(19)16-11-8-9-7-10(9)12-5-4-6-17(12)13(11)18/h9-12H,4-8H2,1-3H3,(H,16,19)/t9-,10-,11-,12+/m0/s1. The normalized spacial score (nSPS) is 36.0. The van der Waals surface area contributed by atoms with Gasteiger partial charge in [-0.2, -0.15) is 0 Å². The predicted molar refractivity (Wildman–Crippen MR) is 74.1 cm³/mol. The summed E-state index contributed by atoms with van der Waals surface area (Å²) in [5.41, 5.74) is -0.532. The second-order valence-electron chi connectivity index (χ2n) is 7.34. The minimum atomic E-state index is -0.532. The Kier molecular flexibility index (Phi) is 3.18. The first-order chi connectivity index (χ1) is 9.35. The fraction of sp³-hybridized carbons (Fsp3) is 0.867. The van der Waals surface area contributed by atoms with Crippen molar-refractivity contribution in [2.75, 3.05) is 6.54 Å². The van der Waals surface area contributed by atoms with Gasteiger partial charge in [0.25, 0.3) is 0 Å². The first-order valence-electron chi connectivity index (χ1n) is 7.65. The van der Waals surface area contributed by atoms with E-state index in [9.17, 15) is 9.59 Å². The van der Waals surface area contributed by atoms with Gasteiger partial charge in [0.15, 0.2) is 0 Å². The molecule has 20 heavy (non-hydrogen) atoms. The van der Waals surface area contributed by atoms with Gasteiger partial charge < -0.3 is 15.0 Å². The number of amides is 2. The third-order valence-electron chi connectivity index (χ3n) is 4.58. The highest BCUT2D eigenvalue weighted by Gasteiger charge is 2.53. The summed E-state index contributed by atoms with van der Waals surface area (Å²) in [4.78, 5) is 26.4. The molecule has 1 aliphatic carbocycles. The summed E-state index contributed by atoms with van der Waals surface area (Å²) in [5, 5.41) is 2.78. The van der Waals surface area contributed by atoms with Gasteiger partial charge in [-0.05, 0) is 58.3 Å². The molecule has 0 radical (unpaired) electrons. The average Bonchev–Trinajstić information content (AvgIpc) is 2.92. The lowest BCUT2D eigenvalue weighted by atomic mass is 10.1. The van der Waals surface area contributed by atoms with E-state index in [-0.39, 0.29) is 5.91 Å². The van der Waals surface area contributed by atoms with Gasteiger partial charge in [0, 0.05) is 12.6 Å².